The Morgan fingerprint density at radius 1 is 0.894 bits per heavy atom. The molecule has 1 amide bonds. The number of ketones is 1. The maximum absolute atomic E-state index is 13.9. The lowest BCUT2D eigenvalue weighted by molar-refractivity contribution is -0.192. The number of nitrogens with zero attached hydrogens (tertiary/aromatic N) is 3. The minimum Gasteiger partial charge on any atom is -0.475 e. The smallest absolute Gasteiger partial charge is 0.475 e. The quantitative estimate of drug-likeness (QED) is 0.172. The van der Waals surface area contributed by atoms with Crippen LogP contribution in [0.2, 0.25) is 15.1 Å². The number of carbonyl (C=O) groups excluding carboxylic acids is 2. The van der Waals surface area contributed by atoms with Crippen LogP contribution >= 0.6 is 34.8 Å². The van der Waals surface area contributed by atoms with Crippen molar-refractivity contribution in [2.45, 2.75) is 26.6 Å². The lowest BCUT2D eigenvalue weighted by atomic mass is 9.96. The minimum atomic E-state index is -5.08. The Kier molecular flexibility index (Phi) is 10.7. The van der Waals surface area contributed by atoms with Crippen molar-refractivity contribution >= 4 is 69.2 Å². The number of hydrogen-bond acceptors (Lipinski definition) is 6. The van der Waals surface area contributed by atoms with E-state index in [1.54, 1.807) is 60.9 Å². The maximum atomic E-state index is 13.9. The van der Waals surface area contributed by atoms with E-state index < -0.39 is 29.4 Å². The van der Waals surface area contributed by atoms with Crippen LogP contribution in [0.25, 0.3) is 33.4 Å². The van der Waals surface area contributed by atoms with Crippen molar-refractivity contribution < 1.29 is 32.7 Å². The second-order valence-corrected chi connectivity index (χ2v) is 11.2. The van der Waals surface area contributed by atoms with Gasteiger partial charge in [0.1, 0.15) is 11.2 Å². The number of nitrogens with one attached hydrogen (secondary N) is 1. The highest BCUT2D eigenvalue weighted by molar-refractivity contribution is 6.36. The van der Waals surface area contributed by atoms with Gasteiger partial charge in [-0.1, -0.05) is 46.9 Å². The van der Waals surface area contributed by atoms with Gasteiger partial charge in [0, 0.05) is 45.9 Å². The van der Waals surface area contributed by atoms with E-state index >= 15 is 0 Å². The molecule has 0 saturated heterocycles. The van der Waals surface area contributed by atoms with E-state index in [1.807, 2.05) is 12.1 Å². The molecule has 0 spiro atoms. The molecule has 47 heavy (non-hydrogen) atoms. The summed E-state index contributed by atoms with van der Waals surface area (Å²) in [5.74, 6) is -3.68. The number of benzene rings is 2. The molecular weight excluding hydrogens is 684 g/mol. The SMILES string of the molecule is CC(=O)Nc1c(C(C)=O)c(=O)n(Cc2ccncc2)c2nc(-c3ccc(Cl)cc3Cl)c(-c3ccc(Cl)cc3)cc12.O=C(O)C(F)(F)F. The van der Waals surface area contributed by atoms with E-state index in [0.717, 1.165) is 11.1 Å². The fraction of sp³-hybridized carbons (Fsp3) is 0.125. The summed E-state index contributed by atoms with van der Waals surface area (Å²) in [4.78, 5) is 56.9. The number of halogens is 6. The first-order valence-corrected chi connectivity index (χ1v) is 14.5. The molecule has 0 aliphatic heterocycles. The van der Waals surface area contributed by atoms with Gasteiger partial charge in [-0.05, 0) is 66.6 Å². The summed E-state index contributed by atoms with van der Waals surface area (Å²) < 4.78 is 33.2. The fourth-order valence-corrected chi connectivity index (χ4v) is 5.18. The Labute approximate surface area is 279 Å². The van der Waals surface area contributed by atoms with Crippen LogP contribution in [-0.4, -0.2) is 43.5 Å². The van der Waals surface area contributed by atoms with E-state index in [0.29, 0.717) is 37.3 Å². The number of alkyl halides is 3. The van der Waals surface area contributed by atoms with Crippen molar-refractivity contribution in [3.63, 3.8) is 0 Å². The number of aliphatic carboxylic acids is 1. The normalized spacial score (nSPS) is 11.1. The second kappa shape index (κ2) is 14.3. The molecular formula is C32H22Cl3F3N4O5. The third-order valence-electron chi connectivity index (χ3n) is 6.56. The molecule has 9 nitrogen and oxygen atoms in total. The van der Waals surface area contributed by atoms with E-state index in [4.69, 9.17) is 49.7 Å². The molecule has 0 radical (unpaired) electrons. The molecule has 5 rings (SSSR count). The summed E-state index contributed by atoms with van der Waals surface area (Å²) in [6.07, 6.45) is -1.85. The number of carboxylic acids is 1. The van der Waals surface area contributed by atoms with E-state index in [9.17, 15) is 27.6 Å². The van der Waals surface area contributed by atoms with Gasteiger partial charge in [0.2, 0.25) is 5.91 Å². The molecule has 3 aromatic heterocycles. The molecule has 0 atom stereocenters. The van der Waals surface area contributed by atoms with Crippen LogP contribution < -0.4 is 10.9 Å². The summed E-state index contributed by atoms with van der Waals surface area (Å²) in [6, 6.07) is 17.6. The van der Waals surface area contributed by atoms with Gasteiger partial charge < -0.3 is 10.4 Å². The standard InChI is InChI=1S/C30H21Cl3N4O3.C2HF3O2/c1-16(38)26-28(35-17(2)39)24-14-23(19-3-5-20(31)6-4-19)27(22-8-7-21(32)13-25(22)33)36-29(24)37(30(26)40)15-18-9-11-34-12-10-18;3-2(4,5)1(6)7/h3-14H,15H2,1-2H3,(H,35,39);(H,6,7). The van der Waals surface area contributed by atoms with Crippen LogP contribution in [0.15, 0.2) is 77.9 Å². The Morgan fingerprint density at radius 2 is 1.49 bits per heavy atom. The number of carbonyl (C=O) groups is 3. The Balaban J connectivity index is 0.000000644. The van der Waals surface area contributed by atoms with Crippen molar-refractivity contribution in [1.82, 2.24) is 14.5 Å². The molecule has 2 N–H and O–H groups in total. The Morgan fingerprint density at radius 3 is 2.02 bits per heavy atom. The van der Waals surface area contributed by atoms with Crippen molar-refractivity contribution in [3.05, 3.63) is 110 Å². The topological polar surface area (TPSA) is 131 Å². The van der Waals surface area contributed by atoms with Gasteiger partial charge in [-0.3, -0.25) is 23.9 Å². The van der Waals surface area contributed by atoms with Crippen molar-refractivity contribution in [1.29, 1.82) is 0 Å². The zero-order chi connectivity index (χ0) is 34.6. The molecule has 5 aromatic rings. The largest absolute Gasteiger partial charge is 0.490 e. The van der Waals surface area contributed by atoms with E-state index in [1.165, 1.54) is 18.4 Å². The fourth-order valence-electron chi connectivity index (χ4n) is 4.55. The molecule has 0 aliphatic carbocycles. The maximum Gasteiger partial charge on any atom is 0.490 e. The Bertz CT molecular complexity index is 2070. The van der Waals surface area contributed by atoms with Crippen molar-refractivity contribution in [2.75, 3.05) is 5.32 Å². The highest BCUT2D eigenvalue weighted by Gasteiger charge is 2.38. The van der Waals surface area contributed by atoms with Crippen molar-refractivity contribution in [2.24, 2.45) is 0 Å². The summed E-state index contributed by atoms with van der Waals surface area (Å²) in [6.45, 7) is 2.72. The zero-order valence-electron chi connectivity index (χ0n) is 24.3. The molecule has 15 heteroatoms. The van der Waals surface area contributed by atoms with Crippen LogP contribution in [0.3, 0.4) is 0 Å². The number of amides is 1. The van der Waals surface area contributed by atoms with Gasteiger partial charge in [0.15, 0.2) is 5.78 Å². The van der Waals surface area contributed by atoms with Crippen molar-refractivity contribution in [3.8, 4) is 22.4 Å². The van der Waals surface area contributed by atoms with Crippen LogP contribution in [0.4, 0.5) is 18.9 Å². The first-order chi connectivity index (χ1) is 22.1. The third-order valence-corrected chi connectivity index (χ3v) is 7.36. The number of anilines is 1. The number of aromatic nitrogens is 3. The summed E-state index contributed by atoms with van der Waals surface area (Å²) in [7, 11) is 0. The lowest BCUT2D eigenvalue weighted by Gasteiger charge is -2.20. The molecule has 0 saturated carbocycles. The number of carboxylic acid groups (broad SMARTS) is 1. The van der Waals surface area contributed by atoms with Gasteiger partial charge in [0.25, 0.3) is 5.56 Å². The monoisotopic (exact) mass is 704 g/mol. The van der Waals surface area contributed by atoms with E-state index in [-0.39, 0.29) is 23.4 Å². The summed E-state index contributed by atoms with van der Waals surface area (Å²) in [5.41, 5.74) is 2.86. The summed E-state index contributed by atoms with van der Waals surface area (Å²) >= 11 is 19.0. The second-order valence-electron chi connectivity index (χ2n) is 9.92. The Hall–Kier alpha value is -4.78. The predicted octanol–water partition coefficient (Wildman–Crippen LogP) is 7.93. The highest BCUT2D eigenvalue weighted by atomic mass is 35.5. The highest BCUT2D eigenvalue weighted by Crippen LogP contribution is 2.40. The minimum absolute atomic E-state index is 0.0995. The van der Waals surface area contributed by atoms with E-state index in [2.05, 4.69) is 10.3 Å². The molecule has 0 aliphatic rings. The van der Waals surface area contributed by atoms with Crippen LogP contribution in [-0.2, 0) is 16.1 Å². The molecule has 0 fully saturated rings. The number of fused-ring (bicyclic) bond motifs is 1. The van der Waals surface area contributed by atoms with Gasteiger partial charge in [-0.25, -0.2) is 9.78 Å². The van der Waals surface area contributed by atoms with Gasteiger partial charge in [-0.2, -0.15) is 13.2 Å². The average Bonchev–Trinajstić information content (AvgIpc) is 2.99. The number of Topliss-reactive ketones (excluding diaryl/α,β-unsaturated/α-hetero) is 1. The van der Waals surface area contributed by atoms with Crippen LogP contribution in [0.5, 0.6) is 0 Å². The average molecular weight is 706 g/mol. The first-order valence-electron chi connectivity index (χ1n) is 13.4. The van der Waals surface area contributed by atoms with Gasteiger partial charge in [-0.15, -0.1) is 0 Å². The summed E-state index contributed by atoms with van der Waals surface area (Å²) in [5, 5.41) is 11.6. The third kappa shape index (κ3) is 8.15. The number of hydrogen-bond donors (Lipinski definition) is 2. The molecule has 0 bridgehead atoms. The predicted molar refractivity (Wildman–Crippen MR) is 173 cm³/mol. The number of rotatable bonds is 6. The van der Waals surface area contributed by atoms with Gasteiger partial charge in [0.05, 0.1) is 22.9 Å². The van der Waals surface area contributed by atoms with Gasteiger partial charge >= 0.3 is 12.1 Å². The molecule has 0 unspecified atom stereocenters. The molecule has 3 heterocycles. The zero-order valence-corrected chi connectivity index (χ0v) is 26.6. The molecule has 242 valence electrons. The lowest BCUT2D eigenvalue weighted by Crippen LogP contribution is -2.29. The number of pyridine rings is 3. The molecule has 2 aromatic carbocycles. The van der Waals surface area contributed by atoms with Crippen LogP contribution in [0, 0.1) is 0 Å². The van der Waals surface area contributed by atoms with Crippen LogP contribution in [0.1, 0.15) is 29.8 Å². The first kappa shape index (κ1) is 35.1.